The predicted octanol–water partition coefficient (Wildman–Crippen LogP) is 2.80. The summed E-state index contributed by atoms with van der Waals surface area (Å²) in [5, 5.41) is 4.69. The van der Waals surface area contributed by atoms with Gasteiger partial charge in [-0.25, -0.2) is 0 Å². The highest BCUT2D eigenvalue weighted by molar-refractivity contribution is 9.09. The molecule has 2 saturated carbocycles. The van der Waals surface area contributed by atoms with Crippen molar-refractivity contribution in [1.29, 1.82) is 0 Å². The normalized spacial score (nSPS) is 39.7. The molecule has 2 bridgehead atoms. The van der Waals surface area contributed by atoms with Crippen molar-refractivity contribution in [2.45, 2.75) is 38.6 Å². The smallest absolute Gasteiger partial charge is 0.0183 e. The Hall–Kier alpha value is 0.440. The molecule has 0 radical (unpaired) electrons. The average Bonchev–Trinajstić information content (AvgIpc) is 2.74. The van der Waals surface area contributed by atoms with Gasteiger partial charge in [-0.05, 0) is 50.5 Å². The zero-order valence-electron chi connectivity index (χ0n) is 8.43. The Morgan fingerprint density at radius 2 is 2.23 bits per heavy atom. The molecule has 1 N–H and O–H groups in total. The number of hydrogen-bond donors (Lipinski definition) is 1. The third-order valence-corrected chi connectivity index (χ3v) is 4.82. The molecule has 0 spiro atoms. The maximum Gasteiger partial charge on any atom is 0.0183 e. The van der Waals surface area contributed by atoms with Crippen molar-refractivity contribution in [2.24, 2.45) is 17.8 Å². The Kier molecular flexibility index (Phi) is 3.31. The van der Waals surface area contributed by atoms with Crippen molar-refractivity contribution in [1.82, 2.24) is 5.32 Å². The molecule has 0 aromatic heterocycles. The molecule has 0 aromatic rings. The molecule has 0 saturated heterocycles. The second kappa shape index (κ2) is 4.31. The van der Waals surface area contributed by atoms with E-state index in [2.05, 4.69) is 28.2 Å². The third kappa shape index (κ3) is 2.27. The summed E-state index contributed by atoms with van der Waals surface area (Å²) in [7, 11) is 0. The topological polar surface area (TPSA) is 12.0 Å². The van der Waals surface area contributed by atoms with Crippen LogP contribution in [0.25, 0.3) is 0 Å². The van der Waals surface area contributed by atoms with Crippen LogP contribution in [-0.4, -0.2) is 17.9 Å². The molecule has 2 aliphatic rings. The molecule has 2 heteroatoms. The maximum absolute atomic E-state index is 3.61. The molecule has 4 unspecified atom stereocenters. The molecule has 2 rings (SSSR count). The van der Waals surface area contributed by atoms with E-state index in [1.807, 2.05) is 0 Å². The molecule has 2 fully saturated rings. The summed E-state index contributed by atoms with van der Waals surface area (Å²) in [6, 6.07) is 0.638. The van der Waals surface area contributed by atoms with Crippen molar-refractivity contribution < 1.29 is 0 Å². The van der Waals surface area contributed by atoms with E-state index < -0.39 is 0 Å². The Morgan fingerprint density at radius 3 is 2.77 bits per heavy atom. The Bertz CT molecular complexity index is 171. The number of hydrogen-bond acceptors (Lipinski definition) is 1. The largest absolute Gasteiger partial charge is 0.313 e. The van der Waals surface area contributed by atoms with Crippen molar-refractivity contribution >= 4 is 15.9 Å². The number of nitrogens with one attached hydrogen (secondary N) is 1. The van der Waals surface area contributed by atoms with E-state index >= 15 is 0 Å². The summed E-state index contributed by atoms with van der Waals surface area (Å²) in [5.74, 6) is 3.16. The van der Waals surface area contributed by atoms with E-state index in [0.29, 0.717) is 6.04 Å². The lowest BCUT2D eigenvalue weighted by Crippen LogP contribution is -2.34. The van der Waals surface area contributed by atoms with Crippen LogP contribution in [-0.2, 0) is 0 Å². The summed E-state index contributed by atoms with van der Waals surface area (Å²) in [5.41, 5.74) is 0. The highest BCUT2D eigenvalue weighted by Crippen LogP contribution is 2.47. The van der Waals surface area contributed by atoms with Gasteiger partial charge in [0.2, 0.25) is 0 Å². The quantitative estimate of drug-likeness (QED) is 0.752. The van der Waals surface area contributed by atoms with Gasteiger partial charge < -0.3 is 5.32 Å². The fourth-order valence-corrected chi connectivity index (χ4v) is 3.26. The molecule has 13 heavy (non-hydrogen) atoms. The minimum Gasteiger partial charge on any atom is -0.313 e. The van der Waals surface area contributed by atoms with Gasteiger partial charge in [0.1, 0.15) is 0 Å². The molecule has 0 heterocycles. The lowest BCUT2D eigenvalue weighted by Gasteiger charge is -2.23. The molecule has 1 nitrogen and oxygen atoms in total. The monoisotopic (exact) mass is 245 g/mol. The molecule has 0 amide bonds. The van der Waals surface area contributed by atoms with Crippen molar-refractivity contribution in [3.63, 3.8) is 0 Å². The number of rotatable bonds is 4. The Labute approximate surface area is 89.8 Å². The molecule has 0 aromatic carbocycles. The fraction of sp³-hybridized carbons (Fsp3) is 1.00. The van der Waals surface area contributed by atoms with E-state index in [1.54, 1.807) is 0 Å². The fourth-order valence-electron chi connectivity index (χ4n) is 3.03. The number of alkyl halides is 1. The average molecular weight is 246 g/mol. The van der Waals surface area contributed by atoms with E-state index in [0.717, 1.165) is 23.1 Å². The molecule has 4 atom stereocenters. The van der Waals surface area contributed by atoms with Gasteiger partial charge in [-0.2, -0.15) is 0 Å². The number of fused-ring (bicyclic) bond motifs is 2. The van der Waals surface area contributed by atoms with Crippen LogP contribution in [0.1, 0.15) is 32.6 Å². The van der Waals surface area contributed by atoms with Gasteiger partial charge in [0, 0.05) is 11.4 Å². The zero-order valence-corrected chi connectivity index (χ0v) is 10.0. The van der Waals surface area contributed by atoms with Crippen LogP contribution in [0.5, 0.6) is 0 Å². The number of halogens is 1. The van der Waals surface area contributed by atoms with Gasteiger partial charge in [0.25, 0.3) is 0 Å². The first-order valence-corrected chi connectivity index (χ1v) is 6.71. The standard InChI is InChI=1S/C11H20BrN/c1-8(6-12)13-7-11-5-9-2-3-10(11)4-9/h8-11,13H,2-7H2,1H3. The summed E-state index contributed by atoms with van der Waals surface area (Å²) in [6.07, 6.45) is 6.08. The van der Waals surface area contributed by atoms with Gasteiger partial charge in [0.15, 0.2) is 0 Å². The van der Waals surface area contributed by atoms with Gasteiger partial charge in [-0.15, -0.1) is 0 Å². The van der Waals surface area contributed by atoms with Crippen LogP contribution < -0.4 is 5.32 Å². The Balaban J connectivity index is 1.71. The highest BCUT2D eigenvalue weighted by atomic mass is 79.9. The lowest BCUT2D eigenvalue weighted by molar-refractivity contribution is 0.312. The predicted molar refractivity (Wildman–Crippen MR) is 60.2 cm³/mol. The summed E-state index contributed by atoms with van der Waals surface area (Å²) >= 11 is 3.50. The van der Waals surface area contributed by atoms with Crippen molar-refractivity contribution in [3.05, 3.63) is 0 Å². The van der Waals surface area contributed by atoms with Gasteiger partial charge >= 0.3 is 0 Å². The first-order valence-electron chi connectivity index (χ1n) is 5.59. The van der Waals surface area contributed by atoms with Crippen LogP contribution in [0.4, 0.5) is 0 Å². The maximum atomic E-state index is 3.61. The van der Waals surface area contributed by atoms with E-state index in [4.69, 9.17) is 0 Å². The van der Waals surface area contributed by atoms with Gasteiger partial charge in [-0.1, -0.05) is 22.4 Å². The second-order valence-corrected chi connectivity index (χ2v) is 5.55. The zero-order chi connectivity index (χ0) is 9.26. The SMILES string of the molecule is CC(CBr)NCC1CC2CCC1C2. The molecule has 76 valence electrons. The van der Waals surface area contributed by atoms with Crippen LogP contribution in [0, 0.1) is 17.8 Å². The first-order chi connectivity index (χ1) is 6.29. The third-order valence-electron chi connectivity index (χ3n) is 3.84. The van der Waals surface area contributed by atoms with E-state index in [1.165, 1.54) is 32.2 Å². The summed E-state index contributed by atoms with van der Waals surface area (Å²) < 4.78 is 0. The molecule has 2 aliphatic carbocycles. The van der Waals surface area contributed by atoms with Crippen LogP contribution in [0.15, 0.2) is 0 Å². The minimum absolute atomic E-state index is 0.638. The van der Waals surface area contributed by atoms with E-state index in [9.17, 15) is 0 Å². The van der Waals surface area contributed by atoms with Crippen molar-refractivity contribution in [2.75, 3.05) is 11.9 Å². The van der Waals surface area contributed by atoms with Gasteiger partial charge in [0.05, 0.1) is 0 Å². The molecule has 0 aliphatic heterocycles. The van der Waals surface area contributed by atoms with E-state index in [-0.39, 0.29) is 0 Å². The van der Waals surface area contributed by atoms with Gasteiger partial charge in [-0.3, -0.25) is 0 Å². The highest BCUT2D eigenvalue weighted by Gasteiger charge is 2.38. The summed E-state index contributed by atoms with van der Waals surface area (Å²) in [4.78, 5) is 0. The Morgan fingerprint density at radius 1 is 1.38 bits per heavy atom. The lowest BCUT2D eigenvalue weighted by atomic mass is 9.89. The first kappa shape index (κ1) is 9.97. The van der Waals surface area contributed by atoms with Crippen LogP contribution >= 0.6 is 15.9 Å². The molecular formula is C11H20BrN. The van der Waals surface area contributed by atoms with Crippen LogP contribution in [0.3, 0.4) is 0 Å². The molecular weight excluding hydrogens is 226 g/mol. The minimum atomic E-state index is 0.638. The second-order valence-electron chi connectivity index (χ2n) is 4.90. The van der Waals surface area contributed by atoms with Crippen molar-refractivity contribution in [3.8, 4) is 0 Å². The van der Waals surface area contributed by atoms with Crippen LogP contribution in [0.2, 0.25) is 0 Å². The summed E-state index contributed by atoms with van der Waals surface area (Å²) in [6.45, 7) is 3.51.